The number of anilines is 1. The van der Waals surface area contributed by atoms with Gasteiger partial charge in [0.05, 0.1) is 6.54 Å². The fourth-order valence-corrected chi connectivity index (χ4v) is 1.46. The maximum Gasteiger partial charge on any atom is 0.239 e. The predicted octanol–water partition coefficient (Wildman–Crippen LogP) is 0.588. The van der Waals surface area contributed by atoms with Crippen LogP contribution in [0.3, 0.4) is 0 Å². The van der Waals surface area contributed by atoms with Gasteiger partial charge < -0.3 is 15.5 Å². The summed E-state index contributed by atoms with van der Waals surface area (Å²) in [6.07, 6.45) is 0. The van der Waals surface area contributed by atoms with Crippen LogP contribution in [0.5, 0.6) is 0 Å². The van der Waals surface area contributed by atoms with E-state index in [1.807, 2.05) is 31.1 Å². The summed E-state index contributed by atoms with van der Waals surface area (Å²) >= 11 is 0. The summed E-state index contributed by atoms with van der Waals surface area (Å²) in [6.45, 7) is 1.24. The topological polar surface area (TPSA) is 44.4 Å². The van der Waals surface area contributed by atoms with Gasteiger partial charge in [-0.15, -0.1) is 0 Å². The summed E-state index contributed by atoms with van der Waals surface area (Å²) in [4.78, 5) is 13.1. The van der Waals surface area contributed by atoms with E-state index in [0.717, 1.165) is 12.2 Å². The third-order valence-electron chi connectivity index (χ3n) is 2.42. The predicted molar refractivity (Wildman–Crippen MR) is 66.5 cm³/mol. The van der Waals surface area contributed by atoms with Gasteiger partial charge in [-0.3, -0.25) is 4.79 Å². The quantitative estimate of drug-likeness (QED) is 0.765. The molecule has 2 N–H and O–H groups in total. The summed E-state index contributed by atoms with van der Waals surface area (Å²) in [5.74, 6) is 0.0156. The first-order chi connectivity index (χ1) is 7.67. The minimum Gasteiger partial charge on any atom is -0.365 e. The van der Waals surface area contributed by atoms with Crippen molar-refractivity contribution in [1.29, 1.82) is 0 Å². The maximum absolute atomic E-state index is 11.2. The molecule has 0 saturated heterocycles. The minimum absolute atomic E-state index is 0.0156. The number of nitrogens with zero attached hydrogens (tertiary/aromatic N) is 1. The molecule has 4 nitrogen and oxygen atoms in total. The van der Waals surface area contributed by atoms with Gasteiger partial charge >= 0.3 is 0 Å². The van der Waals surface area contributed by atoms with E-state index in [0.29, 0.717) is 6.54 Å². The molecule has 0 aliphatic carbocycles. The molecule has 0 fully saturated rings. The van der Waals surface area contributed by atoms with Crippen molar-refractivity contribution in [3.8, 4) is 0 Å². The molecule has 0 atom stereocenters. The fraction of sp³-hybridized carbons (Fsp3) is 0.417. The van der Waals surface area contributed by atoms with Crippen molar-refractivity contribution in [1.82, 2.24) is 10.6 Å². The molecule has 0 radical (unpaired) electrons. The zero-order valence-corrected chi connectivity index (χ0v) is 10.1. The molecule has 1 rings (SSSR count). The van der Waals surface area contributed by atoms with Gasteiger partial charge in [-0.2, -0.15) is 0 Å². The van der Waals surface area contributed by atoms with Crippen LogP contribution in [0.1, 0.15) is 5.56 Å². The first-order valence-electron chi connectivity index (χ1n) is 5.32. The fourth-order valence-electron chi connectivity index (χ4n) is 1.46. The Morgan fingerprint density at radius 2 is 1.88 bits per heavy atom. The van der Waals surface area contributed by atoms with Crippen LogP contribution in [0.25, 0.3) is 0 Å². The Morgan fingerprint density at radius 3 is 2.38 bits per heavy atom. The van der Waals surface area contributed by atoms with Gasteiger partial charge in [-0.1, -0.05) is 12.1 Å². The number of amides is 1. The molecule has 0 spiro atoms. The van der Waals surface area contributed by atoms with E-state index in [9.17, 15) is 4.79 Å². The van der Waals surface area contributed by atoms with Gasteiger partial charge in [0, 0.05) is 26.3 Å². The summed E-state index contributed by atoms with van der Waals surface area (Å²) in [6, 6.07) is 8.17. The standard InChI is InChI=1S/C12H19N3O/c1-13-8-10-4-6-11(7-5-10)15(3)9-12(16)14-2/h4-7,13H,8-9H2,1-3H3,(H,14,16). The summed E-state index contributed by atoms with van der Waals surface area (Å²) < 4.78 is 0. The Kier molecular flexibility index (Phi) is 4.79. The van der Waals surface area contributed by atoms with E-state index < -0.39 is 0 Å². The zero-order valence-electron chi connectivity index (χ0n) is 10.1. The van der Waals surface area contributed by atoms with Gasteiger partial charge in [0.1, 0.15) is 0 Å². The molecule has 16 heavy (non-hydrogen) atoms. The molecule has 0 aliphatic heterocycles. The second kappa shape index (κ2) is 6.12. The molecule has 0 bridgehead atoms. The highest BCUT2D eigenvalue weighted by molar-refractivity contribution is 5.80. The van der Waals surface area contributed by atoms with Crippen LogP contribution < -0.4 is 15.5 Å². The zero-order chi connectivity index (χ0) is 12.0. The van der Waals surface area contributed by atoms with Crippen molar-refractivity contribution < 1.29 is 4.79 Å². The second-order valence-electron chi connectivity index (χ2n) is 3.73. The summed E-state index contributed by atoms with van der Waals surface area (Å²) in [5.41, 5.74) is 2.28. The third kappa shape index (κ3) is 3.55. The number of benzene rings is 1. The van der Waals surface area contributed by atoms with Crippen molar-refractivity contribution in [2.24, 2.45) is 0 Å². The number of hydrogen-bond donors (Lipinski definition) is 2. The van der Waals surface area contributed by atoms with Crippen molar-refractivity contribution in [2.45, 2.75) is 6.54 Å². The molecule has 0 unspecified atom stereocenters. The van der Waals surface area contributed by atoms with Crippen molar-refractivity contribution >= 4 is 11.6 Å². The smallest absolute Gasteiger partial charge is 0.239 e. The van der Waals surface area contributed by atoms with E-state index in [2.05, 4.69) is 22.8 Å². The monoisotopic (exact) mass is 221 g/mol. The van der Waals surface area contributed by atoms with Gasteiger partial charge in [-0.05, 0) is 24.7 Å². The van der Waals surface area contributed by atoms with Crippen LogP contribution in [0, 0.1) is 0 Å². The number of likely N-dealkylation sites (N-methyl/N-ethyl adjacent to an activating group) is 2. The average Bonchev–Trinajstić information content (AvgIpc) is 2.30. The minimum atomic E-state index is 0.0156. The molecule has 1 aromatic carbocycles. The van der Waals surface area contributed by atoms with Gasteiger partial charge in [0.2, 0.25) is 5.91 Å². The molecule has 1 amide bonds. The highest BCUT2D eigenvalue weighted by Crippen LogP contribution is 2.13. The Bertz CT molecular complexity index is 335. The lowest BCUT2D eigenvalue weighted by Gasteiger charge is -2.18. The molecule has 88 valence electrons. The second-order valence-corrected chi connectivity index (χ2v) is 3.73. The summed E-state index contributed by atoms with van der Waals surface area (Å²) in [7, 11) is 5.47. The lowest BCUT2D eigenvalue weighted by Crippen LogP contribution is -2.32. The first kappa shape index (κ1) is 12.5. The van der Waals surface area contributed by atoms with Crippen LogP contribution in [0.2, 0.25) is 0 Å². The molecule has 4 heteroatoms. The van der Waals surface area contributed by atoms with E-state index in [1.165, 1.54) is 5.56 Å². The van der Waals surface area contributed by atoms with E-state index in [1.54, 1.807) is 7.05 Å². The Morgan fingerprint density at radius 1 is 1.25 bits per heavy atom. The Balaban J connectivity index is 2.62. The number of carbonyl (C=O) groups is 1. The van der Waals surface area contributed by atoms with Gasteiger partial charge in [0.15, 0.2) is 0 Å². The molecule has 0 saturated carbocycles. The molecule has 0 heterocycles. The number of nitrogens with one attached hydrogen (secondary N) is 2. The highest BCUT2D eigenvalue weighted by Gasteiger charge is 2.05. The lowest BCUT2D eigenvalue weighted by atomic mass is 10.2. The van der Waals surface area contributed by atoms with Crippen LogP contribution in [-0.2, 0) is 11.3 Å². The van der Waals surface area contributed by atoms with Crippen molar-refractivity contribution in [2.75, 3.05) is 32.6 Å². The van der Waals surface area contributed by atoms with Gasteiger partial charge in [0.25, 0.3) is 0 Å². The van der Waals surface area contributed by atoms with Crippen LogP contribution in [0.4, 0.5) is 5.69 Å². The molecular formula is C12H19N3O. The molecule has 1 aromatic rings. The number of carbonyl (C=O) groups excluding carboxylic acids is 1. The molecule has 0 aromatic heterocycles. The number of hydrogen-bond acceptors (Lipinski definition) is 3. The average molecular weight is 221 g/mol. The largest absolute Gasteiger partial charge is 0.365 e. The van der Waals surface area contributed by atoms with Crippen LogP contribution in [0.15, 0.2) is 24.3 Å². The first-order valence-corrected chi connectivity index (χ1v) is 5.32. The van der Waals surface area contributed by atoms with E-state index >= 15 is 0 Å². The van der Waals surface area contributed by atoms with E-state index in [-0.39, 0.29) is 5.91 Å². The molecular weight excluding hydrogens is 202 g/mol. The van der Waals surface area contributed by atoms with E-state index in [4.69, 9.17) is 0 Å². The normalized spacial score (nSPS) is 9.94. The Labute approximate surface area is 96.6 Å². The molecule has 0 aliphatic rings. The Hall–Kier alpha value is -1.55. The lowest BCUT2D eigenvalue weighted by molar-refractivity contribution is -0.119. The maximum atomic E-state index is 11.2. The van der Waals surface area contributed by atoms with Gasteiger partial charge in [-0.25, -0.2) is 0 Å². The van der Waals surface area contributed by atoms with Crippen LogP contribution in [-0.4, -0.2) is 33.6 Å². The third-order valence-corrected chi connectivity index (χ3v) is 2.42. The van der Waals surface area contributed by atoms with Crippen molar-refractivity contribution in [3.63, 3.8) is 0 Å². The van der Waals surface area contributed by atoms with Crippen LogP contribution >= 0.6 is 0 Å². The number of rotatable bonds is 5. The summed E-state index contributed by atoms with van der Waals surface area (Å²) in [5, 5.41) is 5.70. The SMILES string of the molecule is CNCc1ccc(N(C)CC(=O)NC)cc1. The van der Waals surface area contributed by atoms with Crippen molar-refractivity contribution in [3.05, 3.63) is 29.8 Å². The highest BCUT2D eigenvalue weighted by atomic mass is 16.1.